The van der Waals surface area contributed by atoms with E-state index in [1.165, 1.54) is 0 Å². The number of aliphatic hydroxyl groups excluding tert-OH is 1. The molecule has 1 saturated heterocycles. The molecule has 2 rings (SSSR count). The predicted octanol–water partition coefficient (Wildman–Crippen LogP) is 1.92. The number of aliphatic hydroxyl groups is 1. The molecule has 1 fully saturated rings. The smallest absolute Gasteiger partial charge is 0.253 e. The van der Waals surface area contributed by atoms with E-state index in [-0.39, 0.29) is 12.5 Å². The fraction of sp³-hybridized carbons (Fsp3) is 0.438. The maximum atomic E-state index is 12.5. The van der Waals surface area contributed by atoms with Gasteiger partial charge in [0.25, 0.3) is 5.91 Å². The molecular formula is C16H19NO2S. The van der Waals surface area contributed by atoms with E-state index in [0.29, 0.717) is 0 Å². The summed E-state index contributed by atoms with van der Waals surface area (Å²) >= 11 is 1.91. The van der Waals surface area contributed by atoms with Gasteiger partial charge in [-0.05, 0) is 42.9 Å². The summed E-state index contributed by atoms with van der Waals surface area (Å²) in [6, 6.07) is 5.58. The molecule has 1 aliphatic heterocycles. The lowest BCUT2D eigenvalue weighted by Gasteiger charge is -2.20. The molecule has 0 saturated carbocycles. The van der Waals surface area contributed by atoms with Crippen molar-refractivity contribution in [3.8, 4) is 11.8 Å². The summed E-state index contributed by atoms with van der Waals surface area (Å²) in [6.07, 6.45) is 1.06. The molecule has 0 aliphatic carbocycles. The second-order valence-electron chi connectivity index (χ2n) is 4.75. The van der Waals surface area contributed by atoms with Gasteiger partial charge >= 0.3 is 0 Å². The van der Waals surface area contributed by atoms with Gasteiger partial charge in [0.05, 0.1) is 0 Å². The van der Waals surface area contributed by atoms with Crippen LogP contribution >= 0.6 is 11.8 Å². The van der Waals surface area contributed by atoms with Crippen molar-refractivity contribution in [1.82, 2.24) is 4.90 Å². The normalized spacial score (nSPS) is 15.2. The average Bonchev–Trinajstić information content (AvgIpc) is 2.74. The van der Waals surface area contributed by atoms with Gasteiger partial charge in [-0.15, -0.1) is 0 Å². The molecule has 1 aliphatic rings. The van der Waals surface area contributed by atoms with E-state index in [1.807, 2.05) is 41.8 Å². The number of thioether (sulfide) groups is 1. The fourth-order valence-electron chi connectivity index (χ4n) is 2.20. The minimum Gasteiger partial charge on any atom is -0.384 e. The summed E-state index contributed by atoms with van der Waals surface area (Å²) in [6.45, 7) is 3.47. The van der Waals surface area contributed by atoms with E-state index in [0.717, 1.165) is 47.7 Å². The molecule has 106 valence electrons. The van der Waals surface area contributed by atoms with E-state index < -0.39 is 0 Å². The van der Waals surface area contributed by atoms with Crippen molar-refractivity contribution >= 4 is 17.7 Å². The minimum atomic E-state index is -0.147. The Balaban J connectivity index is 2.15. The van der Waals surface area contributed by atoms with Crippen molar-refractivity contribution in [2.75, 3.05) is 31.2 Å². The zero-order valence-corrected chi connectivity index (χ0v) is 12.5. The van der Waals surface area contributed by atoms with Crippen LogP contribution < -0.4 is 0 Å². The summed E-state index contributed by atoms with van der Waals surface area (Å²) in [5.41, 5.74) is 2.56. The van der Waals surface area contributed by atoms with Crippen molar-refractivity contribution < 1.29 is 9.90 Å². The van der Waals surface area contributed by atoms with Gasteiger partial charge in [0.1, 0.15) is 6.61 Å². The van der Waals surface area contributed by atoms with Crippen LogP contribution in [0.2, 0.25) is 0 Å². The molecule has 0 radical (unpaired) electrons. The van der Waals surface area contributed by atoms with Crippen LogP contribution in [0.5, 0.6) is 0 Å². The lowest BCUT2D eigenvalue weighted by molar-refractivity contribution is 0.0768. The van der Waals surface area contributed by atoms with Gasteiger partial charge in [-0.3, -0.25) is 4.79 Å². The summed E-state index contributed by atoms with van der Waals surface area (Å²) < 4.78 is 0. The number of amides is 1. The molecule has 0 aromatic heterocycles. The Morgan fingerprint density at radius 3 is 3.00 bits per heavy atom. The Morgan fingerprint density at radius 1 is 1.40 bits per heavy atom. The molecular weight excluding hydrogens is 270 g/mol. The summed E-state index contributed by atoms with van der Waals surface area (Å²) in [5.74, 6) is 7.79. The highest BCUT2D eigenvalue weighted by molar-refractivity contribution is 7.99. The number of hydrogen-bond acceptors (Lipinski definition) is 3. The second kappa shape index (κ2) is 7.37. The number of nitrogens with zero attached hydrogens (tertiary/aromatic N) is 1. The summed E-state index contributed by atoms with van der Waals surface area (Å²) in [5, 5.41) is 8.72. The van der Waals surface area contributed by atoms with Crippen LogP contribution in [0.15, 0.2) is 18.2 Å². The van der Waals surface area contributed by atoms with Crippen LogP contribution in [0.25, 0.3) is 0 Å². The van der Waals surface area contributed by atoms with Crippen LogP contribution in [-0.4, -0.2) is 47.1 Å². The van der Waals surface area contributed by atoms with Crippen molar-refractivity contribution in [1.29, 1.82) is 0 Å². The molecule has 1 heterocycles. The van der Waals surface area contributed by atoms with E-state index in [1.54, 1.807) is 0 Å². The Kier molecular flexibility index (Phi) is 5.51. The maximum Gasteiger partial charge on any atom is 0.253 e. The standard InChI is InChI=1S/C16H19NO2S/c1-13-12-15(6-5-14(13)4-2-9-18)16(19)17-7-3-10-20-11-8-17/h5-6,12,18H,3,7-11H2,1H3. The molecule has 1 amide bonds. The van der Waals surface area contributed by atoms with E-state index >= 15 is 0 Å². The Hall–Kier alpha value is -1.44. The van der Waals surface area contributed by atoms with Crippen LogP contribution in [0.3, 0.4) is 0 Å². The number of rotatable bonds is 1. The largest absolute Gasteiger partial charge is 0.384 e. The highest BCUT2D eigenvalue weighted by Gasteiger charge is 2.17. The molecule has 3 nitrogen and oxygen atoms in total. The van der Waals surface area contributed by atoms with Crippen molar-refractivity contribution in [2.45, 2.75) is 13.3 Å². The Morgan fingerprint density at radius 2 is 2.25 bits per heavy atom. The molecule has 20 heavy (non-hydrogen) atoms. The van der Waals surface area contributed by atoms with Gasteiger partial charge in [0, 0.05) is 30.0 Å². The first-order valence-electron chi connectivity index (χ1n) is 6.80. The van der Waals surface area contributed by atoms with Crippen molar-refractivity contribution in [2.24, 2.45) is 0 Å². The highest BCUT2D eigenvalue weighted by Crippen LogP contribution is 2.16. The Labute approximate surface area is 124 Å². The van der Waals surface area contributed by atoms with Gasteiger partial charge in [0.15, 0.2) is 0 Å². The first-order valence-corrected chi connectivity index (χ1v) is 7.95. The third kappa shape index (κ3) is 3.78. The van der Waals surface area contributed by atoms with E-state index in [2.05, 4.69) is 11.8 Å². The van der Waals surface area contributed by atoms with Gasteiger partial charge in [-0.25, -0.2) is 0 Å². The molecule has 4 heteroatoms. The highest BCUT2D eigenvalue weighted by atomic mass is 32.2. The van der Waals surface area contributed by atoms with Crippen LogP contribution in [0, 0.1) is 18.8 Å². The third-order valence-electron chi connectivity index (χ3n) is 3.28. The number of benzene rings is 1. The Bertz CT molecular complexity index is 537. The van der Waals surface area contributed by atoms with Crippen molar-refractivity contribution in [3.05, 3.63) is 34.9 Å². The number of hydrogen-bond donors (Lipinski definition) is 1. The fourth-order valence-corrected chi connectivity index (χ4v) is 3.09. The quantitative estimate of drug-likeness (QED) is 0.803. The van der Waals surface area contributed by atoms with Gasteiger partial charge in [-0.1, -0.05) is 11.8 Å². The second-order valence-corrected chi connectivity index (χ2v) is 5.97. The van der Waals surface area contributed by atoms with Gasteiger partial charge in [0.2, 0.25) is 0 Å². The molecule has 0 unspecified atom stereocenters. The molecule has 1 aromatic carbocycles. The maximum absolute atomic E-state index is 12.5. The lowest BCUT2D eigenvalue weighted by atomic mass is 10.0. The van der Waals surface area contributed by atoms with E-state index in [9.17, 15) is 4.79 Å². The van der Waals surface area contributed by atoms with Crippen molar-refractivity contribution in [3.63, 3.8) is 0 Å². The van der Waals surface area contributed by atoms with Crippen LogP contribution in [0.1, 0.15) is 27.9 Å². The lowest BCUT2D eigenvalue weighted by Crippen LogP contribution is -2.32. The van der Waals surface area contributed by atoms with Crippen LogP contribution in [0.4, 0.5) is 0 Å². The van der Waals surface area contributed by atoms with E-state index in [4.69, 9.17) is 5.11 Å². The summed E-state index contributed by atoms with van der Waals surface area (Å²) in [4.78, 5) is 14.4. The van der Waals surface area contributed by atoms with Gasteiger partial charge < -0.3 is 10.0 Å². The molecule has 1 N–H and O–H groups in total. The first kappa shape index (κ1) is 15.0. The third-order valence-corrected chi connectivity index (χ3v) is 4.33. The first-order chi connectivity index (χ1) is 9.72. The average molecular weight is 289 g/mol. The number of carbonyl (C=O) groups excluding carboxylic acids is 1. The van der Waals surface area contributed by atoms with Gasteiger partial charge in [-0.2, -0.15) is 11.8 Å². The zero-order valence-electron chi connectivity index (χ0n) is 11.7. The van der Waals surface area contributed by atoms with Crippen LogP contribution in [-0.2, 0) is 0 Å². The molecule has 0 bridgehead atoms. The SMILES string of the molecule is Cc1cc(C(=O)N2CCCSCC2)ccc1C#CCO. The molecule has 0 atom stereocenters. The minimum absolute atomic E-state index is 0.109. The topological polar surface area (TPSA) is 40.5 Å². The number of carbonyl (C=O) groups is 1. The predicted molar refractivity (Wildman–Crippen MR) is 83.0 cm³/mol. The number of aryl methyl sites for hydroxylation is 1. The molecule has 0 spiro atoms. The summed E-state index contributed by atoms with van der Waals surface area (Å²) in [7, 11) is 0. The monoisotopic (exact) mass is 289 g/mol. The zero-order chi connectivity index (χ0) is 14.4. The molecule has 1 aromatic rings.